The molecule has 104 valence electrons. The highest BCUT2D eigenvalue weighted by Gasteiger charge is 2.28. The molecule has 6 heteroatoms. The van der Waals surface area contributed by atoms with E-state index in [4.69, 9.17) is 13.7 Å². The van der Waals surface area contributed by atoms with Gasteiger partial charge in [-0.15, -0.1) is 0 Å². The molecular formula is C13H16O5S. The van der Waals surface area contributed by atoms with Gasteiger partial charge in [-0.3, -0.25) is 4.18 Å². The average Bonchev–Trinajstić information content (AvgIpc) is 2.67. The van der Waals surface area contributed by atoms with Gasteiger partial charge in [0.2, 0.25) is 5.79 Å². The van der Waals surface area contributed by atoms with E-state index >= 15 is 0 Å². The van der Waals surface area contributed by atoms with Gasteiger partial charge in [-0.1, -0.05) is 17.7 Å². The van der Waals surface area contributed by atoms with Crippen molar-refractivity contribution in [2.75, 3.05) is 6.61 Å². The van der Waals surface area contributed by atoms with Crippen molar-refractivity contribution in [3.63, 3.8) is 0 Å². The van der Waals surface area contributed by atoms with E-state index < -0.39 is 15.9 Å². The van der Waals surface area contributed by atoms with Crippen molar-refractivity contribution in [1.29, 1.82) is 0 Å². The highest BCUT2D eigenvalue weighted by molar-refractivity contribution is 7.86. The van der Waals surface area contributed by atoms with Crippen molar-refractivity contribution in [1.82, 2.24) is 0 Å². The maximum absolute atomic E-state index is 11.9. The molecule has 1 aromatic rings. The molecule has 0 atom stereocenters. The fourth-order valence-corrected chi connectivity index (χ4v) is 2.42. The van der Waals surface area contributed by atoms with Crippen LogP contribution in [0, 0.1) is 6.92 Å². The van der Waals surface area contributed by atoms with Crippen molar-refractivity contribution in [2.45, 2.75) is 31.5 Å². The topological polar surface area (TPSA) is 61.8 Å². The van der Waals surface area contributed by atoms with Crippen molar-refractivity contribution < 1.29 is 22.1 Å². The van der Waals surface area contributed by atoms with E-state index in [0.29, 0.717) is 5.76 Å². The number of aryl methyl sites for hydroxylation is 1. The lowest BCUT2D eigenvalue weighted by Crippen LogP contribution is -2.21. The minimum Gasteiger partial charge on any atom is -0.457 e. The third-order valence-corrected chi connectivity index (χ3v) is 3.79. The molecule has 1 aliphatic rings. The second kappa shape index (κ2) is 4.86. The van der Waals surface area contributed by atoms with Gasteiger partial charge in [-0.2, -0.15) is 8.42 Å². The summed E-state index contributed by atoms with van der Waals surface area (Å²) in [5.41, 5.74) is 0.982. The lowest BCUT2D eigenvalue weighted by atomic mass is 10.2. The van der Waals surface area contributed by atoms with E-state index in [-0.39, 0.29) is 11.5 Å². The van der Waals surface area contributed by atoms with Gasteiger partial charge in [-0.25, -0.2) is 0 Å². The molecule has 0 spiro atoms. The predicted octanol–water partition coefficient (Wildman–Crippen LogP) is 2.32. The van der Waals surface area contributed by atoms with Gasteiger partial charge >= 0.3 is 0 Å². The Hall–Kier alpha value is -1.53. The molecule has 2 rings (SSSR count). The Morgan fingerprint density at radius 1 is 1.21 bits per heavy atom. The normalized spacial score (nSPS) is 17.5. The summed E-state index contributed by atoms with van der Waals surface area (Å²) in [5.74, 6) is -0.424. The summed E-state index contributed by atoms with van der Waals surface area (Å²) < 4.78 is 39.3. The summed E-state index contributed by atoms with van der Waals surface area (Å²) in [6, 6.07) is 6.45. The van der Waals surface area contributed by atoms with Crippen LogP contribution in [-0.4, -0.2) is 20.8 Å². The fraction of sp³-hybridized carbons (Fsp3) is 0.385. The van der Waals surface area contributed by atoms with Gasteiger partial charge in [0.25, 0.3) is 10.1 Å². The SMILES string of the molecule is Cc1ccc(S(=O)(=O)OCC2=COC(C)(C)O2)cc1. The van der Waals surface area contributed by atoms with Crippen molar-refractivity contribution in [3.8, 4) is 0 Å². The average molecular weight is 284 g/mol. The van der Waals surface area contributed by atoms with Crippen molar-refractivity contribution >= 4 is 10.1 Å². The molecule has 1 heterocycles. The molecule has 0 amide bonds. The van der Waals surface area contributed by atoms with Crippen molar-refractivity contribution in [3.05, 3.63) is 41.9 Å². The second-order valence-corrected chi connectivity index (χ2v) is 6.35. The number of hydrogen-bond donors (Lipinski definition) is 0. The molecule has 19 heavy (non-hydrogen) atoms. The van der Waals surface area contributed by atoms with E-state index in [0.717, 1.165) is 5.56 Å². The lowest BCUT2D eigenvalue weighted by molar-refractivity contribution is -0.119. The standard InChI is InChI=1S/C13H16O5S/c1-10-4-6-12(7-5-10)19(14,15)17-9-11-8-16-13(2,3)18-11/h4-8H,9H2,1-3H3. The van der Waals surface area contributed by atoms with Gasteiger partial charge < -0.3 is 9.47 Å². The molecule has 0 aliphatic carbocycles. The Labute approximate surface area is 112 Å². The molecule has 5 nitrogen and oxygen atoms in total. The van der Waals surface area contributed by atoms with E-state index in [2.05, 4.69) is 0 Å². The quantitative estimate of drug-likeness (QED) is 0.794. The Balaban J connectivity index is 2.01. The molecule has 0 saturated heterocycles. The molecule has 0 unspecified atom stereocenters. The third kappa shape index (κ3) is 3.48. The first-order valence-electron chi connectivity index (χ1n) is 5.80. The molecule has 0 fully saturated rings. The molecule has 0 radical (unpaired) electrons. The largest absolute Gasteiger partial charge is 0.457 e. The summed E-state index contributed by atoms with van der Waals surface area (Å²) in [4.78, 5) is 0.122. The minimum absolute atomic E-state index is 0.122. The third-order valence-electron chi connectivity index (χ3n) is 2.52. The first-order valence-corrected chi connectivity index (χ1v) is 7.21. The van der Waals surface area contributed by atoms with E-state index in [1.54, 1.807) is 26.0 Å². The molecule has 0 saturated carbocycles. The molecule has 1 aliphatic heterocycles. The Kier molecular flexibility index (Phi) is 3.56. The van der Waals surface area contributed by atoms with Crippen LogP contribution in [0.25, 0.3) is 0 Å². The van der Waals surface area contributed by atoms with Crippen LogP contribution in [0.2, 0.25) is 0 Å². The highest BCUT2D eigenvalue weighted by Crippen LogP contribution is 2.25. The predicted molar refractivity (Wildman–Crippen MR) is 68.6 cm³/mol. The lowest BCUT2D eigenvalue weighted by Gasteiger charge is -2.18. The van der Waals surface area contributed by atoms with Gasteiger partial charge in [-0.05, 0) is 19.1 Å². The maximum Gasteiger partial charge on any atom is 0.297 e. The van der Waals surface area contributed by atoms with Crippen LogP contribution in [0.1, 0.15) is 19.4 Å². The van der Waals surface area contributed by atoms with Crippen LogP contribution in [0.15, 0.2) is 41.2 Å². The highest BCUT2D eigenvalue weighted by atomic mass is 32.2. The molecule has 0 bridgehead atoms. The minimum atomic E-state index is -3.78. The zero-order valence-corrected chi connectivity index (χ0v) is 11.9. The van der Waals surface area contributed by atoms with Gasteiger partial charge in [0.1, 0.15) is 12.9 Å². The van der Waals surface area contributed by atoms with Gasteiger partial charge in [0.15, 0.2) is 5.76 Å². The summed E-state index contributed by atoms with van der Waals surface area (Å²) >= 11 is 0. The van der Waals surface area contributed by atoms with E-state index in [9.17, 15) is 8.42 Å². The van der Waals surface area contributed by atoms with Crippen LogP contribution < -0.4 is 0 Å². The van der Waals surface area contributed by atoms with E-state index in [1.807, 2.05) is 6.92 Å². The molecular weight excluding hydrogens is 268 g/mol. The smallest absolute Gasteiger partial charge is 0.297 e. The molecule has 1 aromatic carbocycles. The van der Waals surface area contributed by atoms with Crippen LogP contribution in [-0.2, 0) is 23.8 Å². The molecule has 0 aromatic heterocycles. The van der Waals surface area contributed by atoms with Crippen LogP contribution in [0.5, 0.6) is 0 Å². The summed E-state index contributed by atoms with van der Waals surface area (Å²) in [6.45, 7) is 5.16. The number of benzene rings is 1. The zero-order valence-electron chi connectivity index (χ0n) is 11.0. The Morgan fingerprint density at radius 2 is 1.84 bits per heavy atom. The van der Waals surface area contributed by atoms with Gasteiger partial charge in [0.05, 0.1) is 4.90 Å². The van der Waals surface area contributed by atoms with E-state index in [1.165, 1.54) is 18.4 Å². The summed E-state index contributed by atoms with van der Waals surface area (Å²) in [5, 5.41) is 0. The fourth-order valence-electron chi connectivity index (χ4n) is 1.54. The number of hydrogen-bond acceptors (Lipinski definition) is 5. The Bertz CT molecular complexity index is 584. The summed E-state index contributed by atoms with van der Waals surface area (Å²) in [7, 11) is -3.78. The van der Waals surface area contributed by atoms with Crippen LogP contribution in [0.3, 0.4) is 0 Å². The van der Waals surface area contributed by atoms with Gasteiger partial charge in [0, 0.05) is 13.8 Å². The monoisotopic (exact) mass is 284 g/mol. The number of rotatable bonds is 4. The second-order valence-electron chi connectivity index (χ2n) is 4.73. The van der Waals surface area contributed by atoms with Crippen LogP contribution in [0.4, 0.5) is 0 Å². The summed E-state index contributed by atoms with van der Waals surface area (Å²) in [6.07, 6.45) is 1.37. The number of ether oxygens (including phenoxy) is 2. The Morgan fingerprint density at radius 3 is 2.37 bits per heavy atom. The zero-order chi connectivity index (χ0) is 14.1. The molecule has 0 N–H and O–H groups in total. The maximum atomic E-state index is 11.9. The van der Waals surface area contributed by atoms with Crippen LogP contribution >= 0.6 is 0 Å². The van der Waals surface area contributed by atoms with Crippen molar-refractivity contribution in [2.24, 2.45) is 0 Å². The first-order chi connectivity index (χ1) is 8.78. The first kappa shape index (κ1) is 13.9.